The van der Waals surface area contributed by atoms with Gasteiger partial charge in [-0.3, -0.25) is 0 Å². The van der Waals surface area contributed by atoms with Crippen LogP contribution in [0.2, 0.25) is 5.02 Å². The highest BCUT2D eigenvalue weighted by molar-refractivity contribution is 6.35. The Hall–Kier alpha value is -2.10. The molecule has 0 unspecified atom stereocenters. The lowest BCUT2D eigenvalue weighted by Gasteiger charge is -2.10. The molecular weight excluding hydrogens is 284 g/mol. The van der Waals surface area contributed by atoms with Crippen molar-refractivity contribution in [3.05, 3.63) is 65.3 Å². The average Bonchev–Trinajstić information content (AvgIpc) is 2.51. The van der Waals surface area contributed by atoms with Gasteiger partial charge in [-0.05, 0) is 24.6 Å². The van der Waals surface area contributed by atoms with Gasteiger partial charge in [0.15, 0.2) is 0 Å². The van der Waals surface area contributed by atoms with E-state index in [2.05, 4.69) is 4.98 Å². The lowest BCUT2D eigenvalue weighted by atomic mass is 10.1. The molecule has 0 fully saturated rings. The van der Waals surface area contributed by atoms with E-state index in [0.717, 1.165) is 22.1 Å². The predicted octanol–water partition coefficient (Wildman–Crippen LogP) is 4.70. The Balaban J connectivity index is 1.96. The summed E-state index contributed by atoms with van der Waals surface area (Å²) in [5, 5.41) is 2.63. The van der Waals surface area contributed by atoms with Crippen LogP contribution in [0, 0.1) is 0 Å². The molecule has 0 aliphatic rings. The number of fused-ring (bicyclic) bond motifs is 1. The average molecular weight is 299 g/mol. The molecule has 2 aromatic carbocycles. The molecule has 0 aliphatic heterocycles. The molecule has 3 aromatic rings. The lowest BCUT2D eigenvalue weighted by molar-refractivity contribution is 0.467. The molecule has 4 heteroatoms. The van der Waals surface area contributed by atoms with Crippen molar-refractivity contribution in [1.29, 1.82) is 0 Å². The fourth-order valence-corrected chi connectivity index (χ4v) is 2.39. The zero-order valence-corrected chi connectivity index (χ0v) is 12.3. The second kappa shape index (κ2) is 5.72. The van der Waals surface area contributed by atoms with Gasteiger partial charge in [-0.2, -0.15) is 0 Å². The minimum Gasteiger partial charge on any atom is -0.438 e. The van der Waals surface area contributed by atoms with Crippen LogP contribution in [0.25, 0.3) is 10.8 Å². The largest absolute Gasteiger partial charge is 0.438 e. The van der Waals surface area contributed by atoms with E-state index in [1.54, 1.807) is 6.20 Å². The third-order valence-electron chi connectivity index (χ3n) is 3.33. The van der Waals surface area contributed by atoms with Crippen LogP contribution in [0.5, 0.6) is 11.6 Å². The number of nitrogens with two attached hydrogens (primary N) is 1. The highest BCUT2D eigenvalue weighted by atomic mass is 35.5. The molecule has 1 heterocycles. The summed E-state index contributed by atoms with van der Waals surface area (Å²) in [4.78, 5) is 4.29. The molecule has 2 N–H and O–H groups in total. The molecule has 0 amide bonds. The summed E-state index contributed by atoms with van der Waals surface area (Å²) < 4.78 is 5.87. The van der Waals surface area contributed by atoms with Crippen LogP contribution < -0.4 is 10.5 Å². The molecular formula is C17H15ClN2O. The smallest absolute Gasteiger partial charge is 0.219 e. The van der Waals surface area contributed by atoms with Gasteiger partial charge in [0.25, 0.3) is 0 Å². The molecule has 106 valence electrons. The Bertz CT molecular complexity index is 769. The van der Waals surface area contributed by atoms with Gasteiger partial charge in [0.05, 0.1) is 0 Å². The molecule has 0 radical (unpaired) electrons. The van der Waals surface area contributed by atoms with Crippen molar-refractivity contribution < 1.29 is 4.74 Å². The zero-order chi connectivity index (χ0) is 14.8. The van der Waals surface area contributed by atoms with Gasteiger partial charge in [-0.15, -0.1) is 0 Å². The van der Waals surface area contributed by atoms with Crippen LogP contribution in [0.4, 0.5) is 0 Å². The predicted molar refractivity (Wildman–Crippen MR) is 85.9 cm³/mol. The normalized spacial score (nSPS) is 12.3. The van der Waals surface area contributed by atoms with Crippen LogP contribution in [0.15, 0.2) is 54.7 Å². The highest BCUT2D eigenvalue weighted by Crippen LogP contribution is 2.33. The molecule has 0 aliphatic carbocycles. The van der Waals surface area contributed by atoms with Crippen molar-refractivity contribution >= 4 is 22.4 Å². The molecule has 0 spiro atoms. The molecule has 1 aromatic heterocycles. The number of pyridine rings is 1. The van der Waals surface area contributed by atoms with Gasteiger partial charge in [-0.25, -0.2) is 4.98 Å². The quantitative estimate of drug-likeness (QED) is 0.762. The Morgan fingerprint density at radius 3 is 2.48 bits per heavy atom. The van der Waals surface area contributed by atoms with E-state index in [-0.39, 0.29) is 6.04 Å². The number of aromatic nitrogens is 1. The fraction of sp³-hybridized carbons (Fsp3) is 0.118. The Labute approximate surface area is 128 Å². The number of hydrogen-bond donors (Lipinski definition) is 1. The van der Waals surface area contributed by atoms with Gasteiger partial charge >= 0.3 is 0 Å². The first kappa shape index (κ1) is 13.9. The minimum atomic E-state index is -0.0390. The molecule has 0 saturated carbocycles. The first-order chi connectivity index (χ1) is 10.1. The van der Waals surface area contributed by atoms with Crippen molar-refractivity contribution in [1.82, 2.24) is 4.98 Å². The number of nitrogens with zero attached hydrogens (tertiary/aromatic N) is 1. The second-order valence-electron chi connectivity index (χ2n) is 4.91. The molecule has 0 bridgehead atoms. The number of ether oxygens (including phenoxy) is 1. The van der Waals surface area contributed by atoms with Gasteiger partial charge in [0, 0.05) is 34.1 Å². The van der Waals surface area contributed by atoms with Crippen LogP contribution in [0.1, 0.15) is 18.5 Å². The first-order valence-corrected chi connectivity index (χ1v) is 7.09. The summed E-state index contributed by atoms with van der Waals surface area (Å²) >= 11 is 6.20. The van der Waals surface area contributed by atoms with E-state index in [1.165, 1.54) is 0 Å². The van der Waals surface area contributed by atoms with E-state index in [0.29, 0.717) is 10.9 Å². The summed E-state index contributed by atoms with van der Waals surface area (Å²) in [6.45, 7) is 1.92. The molecule has 0 saturated heterocycles. The Kier molecular flexibility index (Phi) is 3.78. The summed E-state index contributed by atoms with van der Waals surface area (Å²) in [6.07, 6.45) is 1.73. The summed E-state index contributed by atoms with van der Waals surface area (Å²) in [5.41, 5.74) is 6.79. The van der Waals surface area contributed by atoms with Crippen LogP contribution in [-0.2, 0) is 0 Å². The highest BCUT2D eigenvalue weighted by Gasteiger charge is 2.07. The first-order valence-electron chi connectivity index (χ1n) is 6.72. The summed E-state index contributed by atoms with van der Waals surface area (Å²) in [6, 6.07) is 15.2. The molecule has 3 nitrogen and oxygen atoms in total. The van der Waals surface area contributed by atoms with Crippen molar-refractivity contribution in [3.8, 4) is 11.6 Å². The van der Waals surface area contributed by atoms with Crippen LogP contribution >= 0.6 is 11.6 Å². The SMILES string of the molecule is C[C@H](N)c1ccc(Oc2ccc(Cl)c3ccccc23)nc1. The van der Waals surface area contributed by atoms with Crippen molar-refractivity contribution in [2.45, 2.75) is 13.0 Å². The summed E-state index contributed by atoms with van der Waals surface area (Å²) in [7, 11) is 0. The van der Waals surface area contributed by atoms with E-state index >= 15 is 0 Å². The minimum absolute atomic E-state index is 0.0390. The van der Waals surface area contributed by atoms with Crippen molar-refractivity contribution in [2.75, 3.05) is 0 Å². The standard InChI is InChI=1S/C17H15ClN2O/c1-11(19)12-6-9-17(20-10-12)21-16-8-7-15(18)13-4-2-3-5-14(13)16/h2-11H,19H2,1H3/t11-/m0/s1. The number of benzene rings is 2. The Morgan fingerprint density at radius 1 is 1.05 bits per heavy atom. The van der Waals surface area contributed by atoms with Crippen LogP contribution in [-0.4, -0.2) is 4.98 Å². The zero-order valence-electron chi connectivity index (χ0n) is 11.6. The maximum Gasteiger partial charge on any atom is 0.219 e. The molecule has 1 atom stereocenters. The second-order valence-corrected chi connectivity index (χ2v) is 5.32. The van der Waals surface area contributed by atoms with Gasteiger partial charge in [0.2, 0.25) is 5.88 Å². The van der Waals surface area contributed by atoms with Crippen molar-refractivity contribution in [3.63, 3.8) is 0 Å². The maximum absolute atomic E-state index is 6.20. The molecule has 21 heavy (non-hydrogen) atoms. The van der Waals surface area contributed by atoms with E-state index in [1.807, 2.05) is 55.5 Å². The number of halogens is 1. The van der Waals surface area contributed by atoms with E-state index < -0.39 is 0 Å². The molecule has 3 rings (SSSR count). The number of hydrogen-bond acceptors (Lipinski definition) is 3. The van der Waals surface area contributed by atoms with Gasteiger partial charge < -0.3 is 10.5 Å². The lowest BCUT2D eigenvalue weighted by Crippen LogP contribution is -2.05. The maximum atomic E-state index is 6.20. The third kappa shape index (κ3) is 2.84. The van der Waals surface area contributed by atoms with Gasteiger partial charge in [-0.1, -0.05) is 41.9 Å². The van der Waals surface area contributed by atoms with Crippen LogP contribution in [0.3, 0.4) is 0 Å². The third-order valence-corrected chi connectivity index (χ3v) is 3.66. The summed E-state index contributed by atoms with van der Waals surface area (Å²) in [5.74, 6) is 1.27. The van der Waals surface area contributed by atoms with Gasteiger partial charge in [0.1, 0.15) is 5.75 Å². The fourth-order valence-electron chi connectivity index (χ4n) is 2.16. The van der Waals surface area contributed by atoms with E-state index in [9.17, 15) is 0 Å². The van der Waals surface area contributed by atoms with E-state index in [4.69, 9.17) is 22.1 Å². The monoisotopic (exact) mass is 298 g/mol. The Morgan fingerprint density at radius 2 is 1.81 bits per heavy atom. The topological polar surface area (TPSA) is 48.1 Å². The number of rotatable bonds is 3. The van der Waals surface area contributed by atoms with Crippen molar-refractivity contribution in [2.24, 2.45) is 5.73 Å².